The smallest absolute Gasteiger partial charge is 0.0429 e. The quantitative estimate of drug-likeness (QED) is 0.814. The van der Waals surface area contributed by atoms with E-state index in [-0.39, 0.29) is 0 Å². The molecule has 2 N–H and O–H groups in total. The zero-order valence-electron chi connectivity index (χ0n) is 10.3. The maximum absolute atomic E-state index is 6.03. The van der Waals surface area contributed by atoms with Crippen LogP contribution in [0.25, 0.3) is 0 Å². The minimum Gasteiger partial charge on any atom is -0.399 e. The summed E-state index contributed by atoms with van der Waals surface area (Å²) in [4.78, 5) is 2.52. The zero-order valence-corrected chi connectivity index (χ0v) is 11.0. The lowest BCUT2D eigenvalue weighted by Crippen LogP contribution is -2.26. The Labute approximate surface area is 109 Å². The first kappa shape index (κ1) is 12.7. The first-order valence-corrected chi connectivity index (χ1v) is 6.89. The molecule has 0 atom stereocenters. The van der Waals surface area contributed by atoms with Crippen LogP contribution in [-0.2, 0) is 6.54 Å². The van der Waals surface area contributed by atoms with Crippen LogP contribution in [0, 0.1) is 0 Å². The fourth-order valence-electron chi connectivity index (χ4n) is 2.50. The molecule has 0 bridgehead atoms. The number of rotatable bonds is 2. The summed E-state index contributed by atoms with van der Waals surface area (Å²) in [5, 5.41) is 0.743. The maximum Gasteiger partial charge on any atom is 0.0429 e. The summed E-state index contributed by atoms with van der Waals surface area (Å²) in [6.07, 6.45) is 6.77. The molecule has 0 spiro atoms. The number of nitrogens with zero attached hydrogens (tertiary/aromatic N) is 1. The van der Waals surface area contributed by atoms with Crippen molar-refractivity contribution in [3.63, 3.8) is 0 Å². The van der Waals surface area contributed by atoms with E-state index in [1.807, 2.05) is 12.1 Å². The monoisotopic (exact) mass is 252 g/mol. The molecular weight excluding hydrogens is 232 g/mol. The fraction of sp³-hybridized carbons (Fsp3) is 0.571. The predicted octanol–water partition coefficient (Wildman–Crippen LogP) is 3.69. The highest BCUT2D eigenvalue weighted by Crippen LogP contribution is 2.19. The van der Waals surface area contributed by atoms with Crippen molar-refractivity contribution in [3.05, 3.63) is 28.8 Å². The standard InChI is InChI=1S/C14H21ClN2/c15-13-8-12(9-14(16)10-13)11-17-6-4-2-1-3-5-7-17/h8-10H,1-7,11,16H2. The Kier molecular flexibility index (Phi) is 4.69. The van der Waals surface area contributed by atoms with Gasteiger partial charge in [0.1, 0.15) is 0 Å². The van der Waals surface area contributed by atoms with Crippen molar-refractivity contribution in [2.75, 3.05) is 18.8 Å². The lowest BCUT2D eigenvalue weighted by Gasteiger charge is -2.24. The van der Waals surface area contributed by atoms with Gasteiger partial charge in [0.25, 0.3) is 0 Å². The fourth-order valence-corrected chi connectivity index (χ4v) is 2.76. The molecule has 0 unspecified atom stereocenters. The summed E-state index contributed by atoms with van der Waals surface area (Å²) in [6, 6.07) is 5.86. The largest absolute Gasteiger partial charge is 0.399 e. The molecule has 2 rings (SSSR count). The number of likely N-dealkylation sites (tertiary alicyclic amines) is 1. The number of halogens is 1. The van der Waals surface area contributed by atoms with E-state index in [1.165, 1.54) is 50.8 Å². The summed E-state index contributed by atoms with van der Waals surface area (Å²) in [5.74, 6) is 0. The van der Waals surface area contributed by atoms with Crippen LogP contribution in [-0.4, -0.2) is 18.0 Å². The molecule has 2 nitrogen and oxygen atoms in total. The van der Waals surface area contributed by atoms with Gasteiger partial charge < -0.3 is 5.73 Å². The SMILES string of the molecule is Nc1cc(Cl)cc(CN2CCCCCCC2)c1. The van der Waals surface area contributed by atoms with E-state index in [1.54, 1.807) is 6.07 Å². The molecule has 94 valence electrons. The van der Waals surface area contributed by atoms with Gasteiger partial charge in [-0.25, -0.2) is 0 Å². The molecule has 0 aromatic heterocycles. The van der Waals surface area contributed by atoms with E-state index in [2.05, 4.69) is 4.90 Å². The van der Waals surface area contributed by atoms with Crippen LogP contribution in [0.15, 0.2) is 18.2 Å². The molecule has 1 aliphatic heterocycles. The summed E-state index contributed by atoms with van der Waals surface area (Å²) in [6.45, 7) is 3.38. The zero-order chi connectivity index (χ0) is 12.1. The Morgan fingerprint density at radius 1 is 1.00 bits per heavy atom. The van der Waals surface area contributed by atoms with Crippen molar-refractivity contribution >= 4 is 17.3 Å². The molecule has 1 saturated heterocycles. The molecule has 0 radical (unpaired) electrons. The molecule has 1 aromatic rings. The van der Waals surface area contributed by atoms with E-state index in [0.29, 0.717) is 0 Å². The molecule has 0 saturated carbocycles. The highest BCUT2D eigenvalue weighted by molar-refractivity contribution is 6.30. The molecule has 0 aliphatic carbocycles. The van der Waals surface area contributed by atoms with Gasteiger partial charge in [0.2, 0.25) is 0 Å². The second kappa shape index (κ2) is 6.27. The summed E-state index contributed by atoms with van der Waals surface area (Å²) < 4.78 is 0. The topological polar surface area (TPSA) is 29.3 Å². The van der Waals surface area contributed by atoms with E-state index in [0.717, 1.165) is 17.3 Å². The third kappa shape index (κ3) is 4.21. The van der Waals surface area contributed by atoms with E-state index in [9.17, 15) is 0 Å². The number of nitrogen functional groups attached to an aromatic ring is 1. The van der Waals surface area contributed by atoms with Crippen LogP contribution in [0.3, 0.4) is 0 Å². The lowest BCUT2D eigenvalue weighted by atomic mass is 10.1. The van der Waals surface area contributed by atoms with Crippen LogP contribution in [0.2, 0.25) is 5.02 Å². The number of anilines is 1. The second-order valence-corrected chi connectivity index (χ2v) is 5.37. The van der Waals surface area contributed by atoms with E-state index >= 15 is 0 Å². The second-order valence-electron chi connectivity index (χ2n) is 4.94. The van der Waals surface area contributed by atoms with Crippen molar-refractivity contribution in [2.45, 2.75) is 38.6 Å². The average molecular weight is 253 g/mol. The minimum atomic E-state index is 0.743. The Bertz CT molecular complexity index is 337. The number of benzene rings is 1. The molecule has 17 heavy (non-hydrogen) atoms. The van der Waals surface area contributed by atoms with Gasteiger partial charge in [-0.3, -0.25) is 4.90 Å². The van der Waals surface area contributed by atoms with Gasteiger partial charge in [-0.15, -0.1) is 0 Å². The average Bonchev–Trinajstić information content (AvgIpc) is 2.20. The first-order chi connectivity index (χ1) is 8.24. The van der Waals surface area contributed by atoms with Crippen LogP contribution in [0.4, 0.5) is 5.69 Å². The number of hydrogen-bond acceptors (Lipinski definition) is 2. The summed E-state index contributed by atoms with van der Waals surface area (Å²) >= 11 is 6.03. The van der Waals surface area contributed by atoms with E-state index in [4.69, 9.17) is 17.3 Å². The lowest BCUT2D eigenvalue weighted by molar-refractivity contribution is 0.240. The maximum atomic E-state index is 6.03. The Morgan fingerprint density at radius 3 is 2.29 bits per heavy atom. The summed E-state index contributed by atoms with van der Waals surface area (Å²) in [7, 11) is 0. The Balaban J connectivity index is 1.97. The van der Waals surface area contributed by atoms with Gasteiger partial charge in [0.05, 0.1) is 0 Å². The number of hydrogen-bond donors (Lipinski definition) is 1. The molecule has 1 fully saturated rings. The van der Waals surface area contributed by atoms with Crippen LogP contribution in [0.5, 0.6) is 0 Å². The van der Waals surface area contributed by atoms with Gasteiger partial charge in [-0.2, -0.15) is 0 Å². The third-order valence-electron chi connectivity index (χ3n) is 3.33. The third-order valence-corrected chi connectivity index (χ3v) is 3.55. The Morgan fingerprint density at radius 2 is 1.65 bits per heavy atom. The highest BCUT2D eigenvalue weighted by Gasteiger charge is 2.09. The molecule has 1 heterocycles. The van der Waals surface area contributed by atoms with Gasteiger partial charge >= 0.3 is 0 Å². The van der Waals surface area contributed by atoms with Crippen LogP contribution in [0.1, 0.15) is 37.7 Å². The van der Waals surface area contributed by atoms with Crippen molar-refractivity contribution < 1.29 is 0 Å². The van der Waals surface area contributed by atoms with Gasteiger partial charge in [-0.1, -0.05) is 30.9 Å². The van der Waals surface area contributed by atoms with E-state index < -0.39 is 0 Å². The van der Waals surface area contributed by atoms with Crippen LogP contribution < -0.4 is 5.73 Å². The molecule has 3 heteroatoms. The van der Waals surface area contributed by atoms with Crippen molar-refractivity contribution in [3.8, 4) is 0 Å². The first-order valence-electron chi connectivity index (χ1n) is 6.51. The summed E-state index contributed by atoms with van der Waals surface area (Å²) in [5.41, 5.74) is 7.81. The predicted molar refractivity (Wildman–Crippen MR) is 74.2 cm³/mol. The highest BCUT2D eigenvalue weighted by atomic mass is 35.5. The molecular formula is C14H21ClN2. The minimum absolute atomic E-state index is 0.743. The molecule has 1 aromatic carbocycles. The number of nitrogens with two attached hydrogens (primary N) is 1. The van der Waals surface area contributed by atoms with Crippen molar-refractivity contribution in [2.24, 2.45) is 0 Å². The molecule has 0 amide bonds. The van der Waals surface area contributed by atoms with Gasteiger partial charge in [-0.05, 0) is 49.7 Å². The van der Waals surface area contributed by atoms with Crippen molar-refractivity contribution in [1.82, 2.24) is 4.90 Å². The normalized spacial score (nSPS) is 18.6. The Hall–Kier alpha value is -0.730. The van der Waals surface area contributed by atoms with Crippen molar-refractivity contribution in [1.29, 1.82) is 0 Å². The van der Waals surface area contributed by atoms with Gasteiger partial charge in [0, 0.05) is 17.3 Å². The molecule has 1 aliphatic rings. The van der Waals surface area contributed by atoms with Gasteiger partial charge in [0.15, 0.2) is 0 Å². The van der Waals surface area contributed by atoms with Crippen LogP contribution >= 0.6 is 11.6 Å².